The second-order valence-corrected chi connectivity index (χ2v) is 5.28. The lowest BCUT2D eigenvalue weighted by atomic mass is 10.0. The molecule has 1 aromatic rings. The Bertz CT molecular complexity index is 363. The van der Waals surface area contributed by atoms with E-state index in [2.05, 4.69) is 18.7 Å². The first-order chi connectivity index (χ1) is 8.63. The molecule has 0 aliphatic heterocycles. The number of nitrogens with zero attached hydrogens (tertiary/aromatic N) is 1. The van der Waals surface area contributed by atoms with E-state index in [1.165, 1.54) is 0 Å². The van der Waals surface area contributed by atoms with E-state index in [1.54, 1.807) is 0 Å². The van der Waals surface area contributed by atoms with Gasteiger partial charge in [-0.05, 0) is 43.6 Å². The van der Waals surface area contributed by atoms with Crippen LogP contribution >= 0.6 is 23.2 Å². The molecule has 18 heavy (non-hydrogen) atoms. The summed E-state index contributed by atoms with van der Waals surface area (Å²) < 4.78 is 0. The molecule has 0 spiro atoms. The monoisotopic (exact) mass is 288 g/mol. The van der Waals surface area contributed by atoms with Gasteiger partial charge in [-0.2, -0.15) is 0 Å². The molecular weight excluding hydrogens is 267 g/mol. The maximum atomic E-state index is 6.08. The quantitative estimate of drug-likeness (QED) is 0.818. The number of hydrogen-bond donors (Lipinski definition) is 1. The van der Waals surface area contributed by atoms with Crippen LogP contribution in [0, 0.1) is 0 Å². The summed E-state index contributed by atoms with van der Waals surface area (Å²) in [6.07, 6.45) is 2.25. The Morgan fingerprint density at radius 1 is 1.11 bits per heavy atom. The Kier molecular flexibility index (Phi) is 7.02. The largest absolute Gasteiger partial charge is 0.329 e. The van der Waals surface area contributed by atoms with E-state index >= 15 is 0 Å². The van der Waals surface area contributed by atoms with E-state index < -0.39 is 0 Å². The molecule has 0 fully saturated rings. The normalized spacial score (nSPS) is 13.0. The highest BCUT2D eigenvalue weighted by Gasteiger charge is 2.18. The van der Waals surface area contributed by atoms with Crippen LogP contribution in [0.25, 0.3) is 0 Å². The van der Waals surface area contributed by atoms with Crippen LogP contribution in [0.3, 0.4) is 0 Å². The van der Waals surface area contributed by atoms with Crippen LogP contribution in [0.1, 0.15) is 38.3 Å². The lowest BCUT2D eigenvalue weighted by Crippen LogP contribution is -2.35. The molecular formula is C14H22Cl2N2. The van der Waals surface area contributed by atoms with Gasteiger partial charge in [0.1, 0.15) is 0 Å². The number of hydrogen-bond acceptors (Lipinski definition) is 2. The third kappa shape index (κ3) is 4.13. The van der Waals surface area contributed by atoms with Crippen molar-refractivity contribution >= 4 is 23.2 Å². The SMILES string of the molecule is CCCN(CCC)C(CN)c1ccc(Cl)c(Cl)c1. The highest BCUT2D eigenvalue weighted by molar-refractivity contribution is 6.42. The summed E-state index contributed by atoms with van der Waals surface area (Å²) in [7, 11) is 0. The summed E-state index contributed by atoms with van der Waals surface area (Å²) in [5, 5.41) is 1.19. The molecule has 0 radical (unpaired) electrons. The molecule has 102 valence electrons. The van der Waals surface area contributed by atoms with Crippen molar-refractivity contribution in [3.05, 3.63) is 33.8 Å². The predicted molar refractivity (Wildman–Crippen MR) is 80.4 cm³/mol. The van der Waals surface area contributed by atoms with Crippen LogP contribution in [-0.2, 0) is 0 Å². The van der Waals surface area contributed by atoms with E-state index in [0.29, 0.717) is 16.6 Å². The van der Waals surface area contributed by atoms with Crippen molar-refractivity contribution in [2.45, 2.75) is 32.7 Å². The number of halogens is 2. The molecule has 0 saturated carbocycles. The second kappa shape index (κ2) is 8.00. The van der Waals surface area contributed by atoms with Gasteiger partial charge in [0, 0.05) is 12.6 Å². The van der Waals surface area contributed by atoms with E-state index in [1.807, 2.05) is 18.2 Å². The summed E-state index contributed by atoms with van der Waals surface area (Å²) in [5.74, 6) is 0. The number of nitrogens with two attached hydrogens (primary N) is 1. The van der Waals surface area contributed by atoms with Crippen molar-refractivity contribution in [1.82, 2.24) is 4.90 Å². The second-order valence-electron chi connectivity index (χ2n) is 4.46. The van der Waals surface area contributed by atoms with E-state index in [9.17, 15) is 0 Å². The fourth-order valence-electron chi connectivity index (χ4n) is 2.21. The minimum Gasteiger partial charge on any atom is -0.329 e. The fraction of sp³-hybridized carbons (Fsp3) is 0.571. The molecule has 1 aromatic carbocycles. The highest BCUT2D eigenvalue weighted by Crippen LogP contribution is 2.28. The molecule has 0 amide bonds. The van der Waals surface area contributed by atoms with Crippen LogP contribution in [0.4, 0.5) is 0 Å². The zero-order valence-electron chi connectivity index (χ0n) is 11.1. The standard InChI is InChI=1S/C14H22Cl2N2/c1-3-7-18(8-4-2)14(10-17)11-5-6-12(15)13(16)9-11/h5-6,9,14H,3-4,7-8,10,17H2,1-2H3. The fourth-order valence-corrected chi connectivity index (χ4v) is 2.52. The first-order valence-electron chi connectivity index (χ1n) is 6.53. The molecule has 0 aliphatic rings. The van der Waals surface area contributed by atoms with Crippen molar-refractivity contribution in [1.29, 1.82) is 0 Å². The molecule has 0 aliphatic carbocycles. The zero-order chi connectivity index (χ0) is 13.5. The average molecular weight is 289 g/mol. The van der Waals surface area contributed by atoms with Crippen molar-refractivity contribution in [2.75, 3.05) is 19.6 Å². The van der Waals surface area contributed by atoms with Crippen LogP contribution in [0.5, 0.6) is 0 Å². The predicted octanol–water partition coefficient (Wildman–Crippen LogP) is 4.12. The van der Waals surface area contributed by atoms with E-state index in [4.69, 9.17) is 28.9 Å². The molecule has 0 heterocycles. The first kappa shape index (κ1) is 15.8. The lowest BCUT2D eigenvalue weighted by molar-refractivity contribution is 0.202. The Morgan fingerprint density at radius 3 is 2.17 bits per heavy atom. The van der Waals surface area contributed by atoms with Crippen molar-refractivity contribution in [2.24, 2.45) is 5.73 Å². The van der Waals surface area contributed by atoms with Gasteiger partial charge in [0.2, 0.25) is 0 Å². The summed E-state index contributed by atoms with van der Waals surface area (Å²) in [5.41, 5.74) is 7.08. The summed E-state index contributed by atoms with van der Waals surface area (Å²) in [4.78, 5) is 2.42. The topological polar surface area (TPSA) is 29.3 Å². The Hall–Kier alpha value is -0.280. The molecule has 0 saturated heterocycles. The third-order valence-electron chi connectivity index (χ3n) is 3.01. The minimum absolute atomic E-state index is 0.222. The van der Waals surface area contributed by atoms with Gasteiger partial charge in [0.15, 0.2) is 0 Å². The van der Waals surface area contributed by atoms with E-state index in [-0.39, 0.29) is 6.04 Å². The summed E-state index contributed by atoms with van der Waals surface area (Å²) in [6.45, 7) is 7.07. The molecule has 4 heteroatoms. The molecule has 0 bridgehead atoms. The minimum atomic E-state index is 0.222. The molecule has 1 rings (SSSR count). The van der Waals surface area contributed by atoms with Crippen LogP contribution in [0.2, 0.25) is 10.0 Å². The van der Waals surface area contributed by atoms with Gasteiger partial charge < -0.3 is 5.73 Å². The molecule has 1 atom stereocenters. The van der Waals surface area contributed by atoms with E-state index in [0.717, 1.165) is 31.5 Å². The molecule has 2 nitrogen and oxygen atoms in total. The van der Waals surface area contributed by atoms with Gasteiger partial charge in [-0.3, -0.25) is 4.90 Å². The third-order valence-corrected chi connectivity index (χ3v) is 3.75. The highest BCUT2D eigenvalue weighted by atomic mass is 35.5. The van der Waals surface area contributed by atoms with Crippen LogP contribution in [0.15, 0.2) is 18.2 Å². The molecule has 0 aromatic heterocycles. The van der Waals surface area contributed by atoms with Crippen LogP contribution < -0.4 is 5.73 Å². The number of rotatable bonds is 7. The van der Waals surface area contributed by atoms with Gasteiger partial charge in [0.25, 0.3) is 0 Å². The van der Waals surface area contributed by atoms with Crippen molar-refractivity contribution < 1.29 is 0 Å². The van der Waals surface area contributed by atoms with Gasteiger partial charge in [-0.15, -0.1) is 0 Å². The maximum Gasteiger partial charge on any atom is 0.0595 e. The first-order valence-corrected chi connectivity index (χ1v) is 7.28. The lowest BCUT2D eigenvalue weighted by Gasteiger charge is -2.31. The maximum absolute atomic E-state index is 6.08. The smallest absolute Gasteiger partial charge is 0.0595 e. The Balaban J connectivity index is 2.94. The molecule has 1 unspecified atom stereocenters. The Morgan fingerprint density at radius 2 is 1.72 bits per heavy atom. The van der Waals surface area contributed by atoms with Gasteiger partial charge >= 0.3 is 0 Å². The van der Waals surface area contributed by atoms with Gasteiger partial charge in [-0.1, -0.05) is 43.1 Å². The summed E-state index contributed by atoms with van der Waals surface area (Å²) >= 11 is 12.0. The van der Waals surface area contributed by atoms with Gasteiger partial charge in [-0.25, -0.2) is 0 Å². The van der Waals surface area contributed by atoms with Gasteiger partial charge in [0.05, 0.1) is 10.0 Å². The number of benzene rings is 1. The van der Waals surface area contributed by atoms with Crippen LogP contribution in [-0.4, -0.2) is 24.5 Å². The van der Waals surface area contributed by atoms with Crippen molar-refractivity contribution in [3.8, 4) is 0 Å². The average Bonchev–Trinajstić information content (AvgIpc) is 2.35. The van der Waals surface area contributed by atoms with Crippen molar-refractivity contribution in [3.63, 3.8) is 0 Å². The summed E-state index contributed by atoms with van der Waals surface area (Å²) in [6, 6.07) is 6.02. The Labute approximate surface area is 120 Å². The zero-order valence-corrected chi connectivity index (χ0v) is 12.6. The molecule has 2 N–H and O–H groups in total.